The Bertz CT molecular complexity index is 1210. The summed E-state index contributed by atoms with van der Waals surface area (Å²) in [5.41, 5.74) is 5.23. The predicted molar refractivity (Wildman–Crippen MR) is 119 cm³/mol. The maximum Gasteiger partial charge on any atom is 0.417 e. The van der Waals surface area contributed by atoms with E-state index in [4.69, 9.17) is 4.42 Å². The maximum atomic E-state index is 13.3. The van der Waals surface area contributed by atoms with Crippen molar-refractivity contribution in [2.24, 2.45) is 0 Å². The summed E-state index contributed by atoms with van der Waals surface area (Å²) in [6.07, 6.45) is 3.67. The van der Waals surface area contributed by atoms with Crippen molar-refractivity contribution in [2.75, 3.05) is 27.2 Å². The van der Waals surface area contributed by atoms with Crippen LogP contribution in [-0.2, 0) is 13.1 Å². The van der Waals surface area contributed by atoms with Gasteiger partial charge in [-0.05, 0) is 61.1 Å². The van der Waals surface area contributed by atoms with Gasteiger partial charge in [-0.3, -0.25) is 14.9 Å². The van der Waals surface area contributed by atoms with Crippen molar-refractivity contribution in [1.82, 2.24) is 19.8 Å². The van der Waals surface area contributed by atoms with E-state index < -0.39 is 5.76 Å². The monoisotopic (exact) mass is 420 g/mol. The third-order valence-corrected chi connectivity index (χ3v) is 5.14. The zero-order chi connectivity index (χ0) is 21.8. The van der Waals surface area contributed by atoms with Crippen LogP contribution in [0.1, 0.15) is 11.1 Å². The smallest absolute Gasteiger partial charge is 0.408 e. The molecule has 160 valence electrons. The number of H-pyrrole nitrogens is 1. The molecule has 0 saturated heterocycles. The van der Waals surface area contributed by atoms with Crippen LogP contribution in [-0.4, -0.2) is 47.0 Å². The molecular weight excluding hydrogens is 395 g/mol. The third kappa shape index (κ3) is 5.45. The van der Waals surface area contributed by atoms with E-state index in [0.29, 0.717) is 17.6 Å². The van der Waals surface area contributed by atoms with Crippen LogP contribution in [0.25, 0.3) is 22.2 Å². The maximum absolute atomic E-state index is 13.3. The summed E-state index contributed by atoms with van der Waals surface area (Å²) in [6.45, 7) is 3.22. The molecule has 7 heteroatoms. The quantitative estimate of drug-likeness (QED) is 0.469. The molecule has 4 aromatic rings. The number of halogens is 1. The number of pyridine rings is 1. The molecule has 0 unspecified atom stereocenters. The molecule has 0 spiro atoms. The summed E-state index contributed by atoms with van der Waals surface area (Å²) < 4.78 is 18.5. The van der Waals surface area contributed by atoms with Gasteiger partial charge in [-0.1, -0.05) is 18.2 Å². The SMILES string of the molecule is CN(C)CCN(Cc1ccc(F)cc1)Cc1cncc(-c2ccc3[nH]c(=O)oc3c2)c1. The van der Waals surface area contributed by atoms with Crippen LogP contribution in [0, 0.1) is 5.82 Å². The molecule has 31 heavy (non-hydrogen) atoms. The van der Waals surface area contributed by atoms with Crippen LogP contribution in [0.4, 0.5) is 4.39 Å². The topological polar surface area (TPSA) is 65.4 Å². The van der Waals surface area contributed by atoms with E-state index in [-0.39, 0.29) is 5.82 Å². The Morgan fingerprint density at radius 1 is 0.935 bits per heavy atom. The highest BCUT2D eigenvalue weighted by Crippen LogP contribution is 2.24. The zero-order valence-corrected chi connectivity index (χ0v) is 17.6. The Hall–Kier alpha value is -3.29. The third-order valence-electron chi connectivity index (χ3n) is 5.14. The van der Waals surface area contributed by atoms with Gasteiger partial charge in [0.05, 0.1) is 5.52 Å². The van der Waals surface area contributed by atoms with E-state index in [1.165, 1.54) is 12.1 Å². The van der Waals surface area contributed by atoms with Crippen LogP contribution in [0.3, 0.4) is 0 Å². The number of oxazole rings is 1. The molecule has 0 bridgehead atoms. The number of fused-ring (bicyclic) bond motifs is 1. The number of likely N-dealkylation sites (N-methyl/N-ethyl adjacent to an activating group) is 1. The molecule has 0 aliphatic heterocycles. The molecular formula is C24H25FN4O2. The Morgan fingerprint density at radius 3 is 2.48 bits per heavy atom. The highest BCUT2D eigenvalue weighted by Gasteiger charge is 2.11. The van der Waals surface area contributed by atoms with Gasteiger partial charge in [0.25, 0.3) is 0 Å². The number of nitrogens with zero attached hydrogens (tertiary/aromatic N) is 3. The fourth-order valence-electron chi connectivity index (χ4n) is 3.52. The number of aromatic nitrogens is 2. The van der Waals surface area contributed by atoms with E-state index in [1.807, 2.05) is 50.6 Å². The second kappa shape index (κ2) is 9.24. The average Bonchev–Trinajstić information content (AvgIpc) is 3.13. The Labute approximate surface area is 179 Å². The summed E-state index contributed by atoms with van der Waals surface area (Å²) in [5, 5.41) is 0. The molecule has 0 saturated carbocycles. The summed E-state index contributed by atoms with van der Waals surface area (Å²) in [4.78, 5) is 23.0. The van der Waals surface area contributed by atoms with Crippen LogP contribution in [0.5, 0.6) is 0 Å². The minimum Gasteiger partial charge on any atom is -0.408 e. The lowest BCUT2D eigenvalue weighted by molar-refractivity contribution is 0.226. The van der Waals surface area contributed by atoms with E-state index in [9.17, 15) is 9.18 Å². The highest BCUT2D eigenvalue weighted by atomic mass is 19.1. The van der Waals surface area contributed by atoms with Crippen molar-refractivity contribution in [2.45, 2.75) is 13.1 Å². The molecule has 6 nitrogen and oxygen atoms in total. The molecule has 0 atom stereocenters. The van der Waals surface area contributed by atoms with Crippen LogP contribution in [0.15, 0.2) is 70.1 Å². The first kappa shape index (κ1) is 21.0. The van der Waals surface area contributed by atoms with Gasteiger partial charge in [-0.15, -0.1) is 0 Å². The molecule has 4 rings (SSSR count). The first-order chi connectivity index (χ1) is 15.0. The van der Waals surface area contributed by atoms with Crippen molar-refractivity contribution in [3.05, 3.63) is 88.4 Å². The fourth-order valence-corrected chi connectivity index (χ4v) is 3.52. The Morgan fingerprint density at radius 2 is 1.71 bits per heavy atom. The summed E-state index contributed by atoms with van der Waals surface area (Å²) in [6, 6.07) is 14.4. The van der Waals surface area contributed by atoms with Gasteiger partial charge in [-0.2, -0.15) is 0 Å². The summed E-state index contributed by atoms with van der Waals surface area (Å²) in [7, 11) is 4.10. The van der Waals surface area contributed by atoms with Crippen molar-refractivity contribution in [3.63, 3.8) is 0 Å². The van der Waals surface area contributed by atoms with Gasteiger partial charge in [0, 0.05) is 44.1 Å². The first-order valence-electron chi connectivity index (χ1n) is 10.1. The van der Waals surface area contributed by atoms with Crippen molar-refractivity contribution in [1.29, 1.82) is 0 Å². The fraction of sp³-hybridized carbons (Fsp3) is 0.250. The Kier molecular flexibility index (Phi) is 6.25. The first-order valence-corrected chi connectivity index (χ1v) is 10.1. The summed E-state index contributed by atoms with van der Waals surface area (Å²) >= 11 is 0. The van der Waals surface area contributed by atoms with Gasteiger partial charge in [0.15, 0.2) is 5.58 Å². The van der Waals surface area contributed by atoms with E-state index in [0.717, 1.165) is 41.9 Å². The largest absolute Gasteiger partial charge is 0.417 e. The highest BCUT2D eigenvalue weighted by molar-refractivity contribution is 5.79. The normalized spacial score (nSPS) is 11.6. The molecule has 2 aromatic heterocycles. The van der Waals surface area contributed by atoms with Crippen LogP contribution in [0.2, 0.25) is 0 Å². The molecule has 2 heterocycles. The lowest BCUT2D eigenvalue weighted by Crippen LogP contribution is -2.31. The van der Waals surface area contributed by atoms with Crippen molar-refractivity contribution >= 4 is 11.1 Å². The predicted octanol–water partition coefficient (Wildman–Crippen LogP) is 3.89. The standard InChI is InChI=1S/C24H25FN4O2/c1-28(2)9-10-29(15-17-3-6-21(25)7-4-17)16-18-11-20(14-26-13-18)19-5-8-22-23(12-19)31-24(30)27-22/h3-8,11-14H,9-10,15-16H2,1-2H3,(H,27,30). The van der Waals surface area contributed by atoms with Gasteiger partial charge < -0.3 is 9.32 Å². The molecule has 0 fully saturated rings. The molecule has 0 amide bonds. The molecule has 0 aliphatic rings. The molecule has 1 N–H and O–H groups in total. The minimum atomic E-state index is -0.462. The van der Waals surface area contributed by atoms with Gasteiger partial charge >= 0.3 is 5.76 Å². The summed E-state index contributed by atoms with van der Waals surface area (Å²) in [5.74, 6) is -0.688. The van der Waals surface area contributed by atoms with Crippen LogP contribution >= 0.6 is 0 Å². The number of benzene rings is 2. The number of rotatable bonds is 8. The van der Waals surface area contributed by atoms with Crippen LogP contribution < -0.4 is 5.76 Å². The number of hydrogen-bond acceptors (Lipinski definition) is 5. The van der Waals surface area contributed by atoms with E-state index in [1.54, 1.807) is 6.20 Å². The molecule has 0 aliphatic carbocycles. The second-order valence-corrected chi connectivity index (χ2v) is 7.95. The van der Waals surface area contributed by atoms with E-state index >= 15 is 0 Å². The number of aromatic amines is 1. The van der Waals surface area contributed by atoms with Crippen molar-refractivity contribution in [3.8, 4) is 11.1 Å². The lowest BCUT2D eigenvalue weighted by atomic mass is 10.1. The molecule has 2 aromatic carbocycles. The zero-order valence-electron chi connectivity index (χ0n) is 17.6. The van der Waals surface area contributed by atoms with Gasteiger partial charge in [0.1, 0.15) is 5.82 Å². The second-order valence-electron chi connectivity index (χ2n) is 7.95. The van der Waals surface area contributed by atoms with Crippen molar-refractivity contribution < 1.29 is 8.81 Å². The average molecular weight is 420 g/mol. The number of nitrogens with one attached hydrogen (secondary N) is 1. The van der Waals surface area contributed by atoms with Gasteiger partial charge in [0.2, 0.25) is 0 Å². The lowest BCUT2D eigenvalue weighted by Gasteiger charge is -2.24. The Balaban J connectivity index is 1.55. The van der Waals surface area contributed by atoms with Gasteiger partial charge in [-0.25, -0.2) is 9.18 Å². The minimum absolute atomic E-state index is 0.226. The molecule has 0 radical (unpaired) electrons. The number of hydrogen-bond donors (Lipinski definition) is 1. The van der Waals surface area contributed by atoms with E-state index in [2.05, 4.69) is 25.8 Å².